The Labute approximate surface area is 103 Å². The Morgan fingerprint density at radius 3 is 2.82 bits per heavy atom. The van der Waals surface area contributed by atoms with Crippen LogP contribution < -0.4 is 5.32 Å². The van der Waals surface area contributed by atoms with Crippen LogP contribution in [0.5, 0.6) is 0 Å². The quantitative estimate of drug-likeness (QED) is 0.804. The minimum absolute atomic E-state index is 0.406. The van der Waals surface area contributed by atoms with E-state index in [1.807, 2.05) is 0 Å². The van der Waals surface area contributed by atoms with Crippen LogP contribution >= 0.6 is 0 Å². The van der Waals surface area contributed by atoms with Gasteiger partial charge in [-0.05, 0) is 63.3 Å². The first-order chi connectivity index (χ1) is 8.20. The van der Waals surface area contributed by atoms with E-state index in [1.165, 1.54) is 30.5 Å². The van der Waals surface area contributed by atoms with Crippen LogP contribution in [0.1, 0.15) is 44.0 Å². The van der Waals surface area contributed by atoms with Crippen molar-refractivity contribution < 1.29 is 0 Å². The largest absolute Gasteiger partial charge is 0.317 e. The number of hydrogen-bond acceptors (Lipinski definition) is 2. The molecule has 0 bridgehead atoms. The fourth-order valence-electron chi connectivity index (χ4n) is 3.10. The van der Waals surface area contributed by atoms with E-state index in [4.69, 9.17) is 0 Å². The van der Waals surface area contributed by atoms with Crippen LogP contribution in [0.3, 0.4) is 0 Å². The molecule has 0 amide bonds. The average molecular weight is 231 g/mol. The lowest BCUT2D eigenvalue weighted by Gasteiger charge is -2.37. The Balaban J connectivity index is 1.92. The number of piperidine rings is 1. The lowest BCUT2D eigenvalue weighted by Crippen LogP contribution is -2.37. The molecule has 2 aliphatic rings. The van der Waals surface area contributed by atoms with Gasteiger partial charge in [0.25, 0.3) is 0 Å². The fourth-order valence-corrected chi connectivity index (χ4v) is 3.10. The third-order valence-corrected chi connectivity index (χ3v) is 4.14. The summed E-state index contributed by atoms with van der Waals surface area (Å²) in [6, 6.07) is 0.450. The van der Waals surface area contributed by atoms with Gasteiger partial charge >= 0.3 is 0 Å². The number of nitrogens with one attached hydrogen (secondary N) is 1. The van der Waals surface area contributed by atoms with Gasteiger partial charge in [-0.25, -0.2) is 0 Å². The van der Waals surface area contributed by atoms with Gasteiger partial charge in [-0.1, -0.05) is 6.08 Å². The van der Waals surface area contributed by atoms with Gasteiger partial charge in [0, 0.05) is 6.04 Å². The second kappa shape index (κ2) is 3.98. The minimum atomic E-state index is 0.406. The first-order valence-electron chi connectivity index (χ1n) is 6.67. The van der Waals surface area contributed by atoms with Crippen molar-refractivity contribution >= 4 is 6.08 Å². The van der Waals surface area contributed by atoms with E-state index in [2.05, 4.69) is 47.3 Å². The summed E-state index contributed by atoms with van der Waals surface area (Å²) >= 11 is 0. The molecule has 1 saturated heterocycles. The third kappa shape index (κ3) is 1.82. The number of nitrogens with zero attached hydrogens (tertiary/aromatic N) is 2. The lowest BCUT2D eigenvalue weighted by molar-refractivity contribution is 0.268. The highest BCUT2D eigenvalue weighted by Crippen LogP contribution is 2.39. The first-order valence-corrected chi connectivity index (χ1v) is 6.67. The smallest absolute Gasteiger partial charge is 0.0642 e. The highest BCUT2D eigenvalue weighted by Gasteiger charge is 2.33. The van der Waals surface area contributed by atoms with Crippen LogP contribution in [0.2, 0.25) is 0 Å². The molecule has 1 fully saturated rings. The fraction of sp³-hybridized carbons (Fsp3) is 0.643. The zero-order chi connectivity index (χ0) is 11.9. The Morgan fingerprint density at radius 2 is 2.12 bits per heavy atom. The molecule has 3 nitrogen and oxygen atoms in total. The SMILES string of the molecule is CC(C)n1ncc2c1C=CC1(CCNCC1)C2. The van der Waals surface area contributed by atoms with Gasteiger partial charge in [-0.15, -0.1) is 0 Å². The summed E-state index contributed by atoms with van der Waals surface area (Å²) in [5.74, 6) is 0. The lowest BCUT2D eigenvalue weighted by atomic mass is 9.72. The maximum absolute atomic E-state index is 4.53. The predicted octanol–water partition coefficient (Wildman–Crippen LogP) is 2.40. The maximum atomic E-state index is 4.53. The first kappa shape index (κ1) is 11.0. The summed E-state index contributed by atoms with van der Waals surface area (Å²) in [5, 5.41) is 7.97. The van der Waals surface area contributed by atoms with E-state index >= 15 is 0 Å². The van der Waals surface area contributed by atoms with Crippen LogP contribution in [-0.2, 0) is 6.42 Å². The molecule has 3 rings (SSSR count). The summed E-state index contributed by atoms with van der Waals surface area (Å²) < 4.78 is 2.14. The summed E-state index contributed by atoms with van der Waals surface area (Å²) in [4.78, 5) is 0. The molecule has 92 valence electrons. The molecule has 3 heteroatoms. The highest BCUT2D eigenvalue weighted by atomic mass is 15.3. The van der Waals surface area contributed by atoms with Crippen molar-refractivity contribution in [2.45, 2.75) is 39.2 Å². The van der Waals surface area contributed by atoms with Gasteiger partial charge in [0.15, 0.2) is 0 Å². The highest BCUT2D eigenvalue weighted by molar-refractivity contribution is 5.54. The normalized spacial score (nSPS) is 22.1. The molecule has 17 heavy (non-hydrogen) atoms. The topological polar surface area (TPSA) is 29.9 Å². The van der Waals surface area contributed by atoms with E-state index in [0.29, 0.717) is 11.5 Å². The van der Waals surface area contributed by atoms with Crippen LogP contribution in [0, 0.1) is 5.41 Å². The molecule has 2 heterocycles. The second-order valence-corrected chi connectivity index (χ2v) is 5.72. The summed E-state index contributed by atoms with van der Waals surface area (Å²) in [6.07, 6.45) is 10.5. The van der Waals surface area contributed by atoms with E-state index in [1.54, 1.807) is 0 Å². The van der Waals surface area contributed by atoms with E-state index in [0.717, 1.165) is 13.1 Å². The van der Waals surface area contributed by atoms with E-state index in [-0.39, 0.29) is 0 Å². The monoisotopic (exact) mass is 231 g/mol. The van der Waals surface area contributed by atoms with Gasteiger partial charge in [0.1, 0.15) is 0 Å². The molecule has 1 aromatic heterocycles. The van der Waals surface area contributed by atoms with Crippen LogP contribution in [0.4, 0.5) is 0 Å². The third-order valence-electron chi connectivity index (χ3n) is 4.14. The molecule has 0 aromatic carbocycles. The predicted molar refractivity (Wildman–Crippen MR) is 69.9 cm³/mol. The maximum Gasteiger partial charge on any atom is 0.0642 e. The summed E-state index contributed by atoms with van der Waals surface area (Å²) in [5.41, 5.74) is 3.16. The standard InChI is InChI=1S/C14H21N3/c1-11(2)17-13-3-4-14(5-7-15-8-6-14)9-12(13)10-16-17/h3-4,10-11,15H,5-9H2,1-2H3. The van der Waals surface area contributed by atoms with Crippen molar-refractivity contribution in [2.75, 3.05) is 13.1 Å². The van der Waals surface area contributed by atoms with E-state index in [9.17, 15) is 0 Å². The molecule has 1 aromatic rings. The van der Waals surface area contributed by atoms with Crippen molar-refractivity contribution in [3.05, 3.63) is 23.5 Å². The number of aromatic nitrogens is 2. The Bertz CT molecular complexity index is 436. The average Bonchev–Trinajstić information content (AvgIpc) is 2.72. The molecule has 1 aliphatic carbocycles. The molecule has 0 unspecified atom stereocenters. The van der Waals surface area contributed by atoms with Gasteiger partial charge in [0.2, 0.25) is 0 Å². The van der Waals surface area contributed by atoms with Crippen LogP contribution in [0.25, 0.3) is 6.08 Å². The molecule has 1 spiro atoms. The van der Waals surface area contributed by atoms with Gasteiger partial charge in [0.05, 0.1) is 11.9 Å². The van der Waals surface area contributed by atoms with Crippen molar-refractivity contribution in [1.29, 1.82) is 0 Å². The number of rotatable bonds is 1. The zero-order valence-corrected chi connectivity index (χ0v) is 10.7. The molecule has 0 saturated carbocycles. The molecular formula is C14H21N3. The second-order valence-electron chi connectivity index (χ2n) is 5.72. The van der Waals surface area contributed by atoms with Crippen molar-refractivity contribution in [1.82, 2.24) is 15.1 Å². The Hall–Kier alpha value is -1.09. The van der Waals surface area contributed by atoms with Crippen LogP contribution in [0.15, 0.2) is 12.3 Å². The number of fused-ring (bicyclic) bond motifs is 1. The number of allylic oxidation sites excluding steroid dienone is 1. The van der Waals surface area contributed by atoms with Crippen molar-refractivity contribution in [2.24, 2.45) is 5.41 Å². The molecule has 1 aliphatic heterocycles. The zero-order valence-electron chi connectivity index (χ0n) is 10.7. The van der Waals surface area contributed by atoms with Gasteiger partial charge < -0.3 is 5.32 Å². The van der Waals surface area contributed by atoms with Crippen molar-refractivity contribution in [3.8, 4) is 0 Å². The van der Waals surface area contributed by atoms with Gasteiger partial charge in [-0.3, -0.25) is 4.68 Å². The Kier molecular flexibility index (Phi) is 2.58. The molecular weight excluding hydrogens is 210 g/mol. The van der Waals surface area contributed by atoms with Crippen molar-refractivity contribution in [3.63, 3.8) is 0 Å². The molecule has 0 atom stereocenters. The van der Waals surface area contributed by atoms with Gasteiger partial charge in [-0.2, -0.15) is 5.10 Å². The van der Waals surface area contributed by atoms with Crippen LogP contribution in [-0.4, -0.2) is 22.9 Å². The van der Waals surface area contributed by atoms with E-state index < -0.39 is 0 Å². The molecule has 0 radical (unpaired) electrons. The molecule has 1 N–H and O–H groups in total. The summed E-state index contributed by atoms with van der Waals surface area (Å²) in [6.45, 7) is 6.68. The number of hydrogen-bond donors (Lipinski definition) is 1. The summed E-state index contributed by atoms with van der Waals surface area (Å²) in [7, 11) is 0. The minimum Gasteiger partial charge on any atom is -0.317 e. The Morgan fingerprint density at radius 1 is 1.35 bits per heavy atom.